The molecule has 4 nitrogen and oxygen atoms in total. The van der Waals surface area contributed by atoms with E-state index in [1.54, 1.807) is 0 Å². The van der Waals surface area contributed by atoms with E-state index < -0.39 is 5.60 Å². The summed E-state index contributed by atoms with van der Waals surface area (Å²) in [5, 5.41) is 0. The van der Waals surface area contributed by atoms with Gasteiger partial charge in [0, 0.05) is 18.5 Å². The summed E-state index contributed by atoms with van der Waals surface area (Å²) >= 11 is 0. The van der Waals surface area contributed by atoms with Crippen LogP contribution in [0.15, 0.2) is 12.2 Å². The molecule has 1 saturated carbocycles. The number of amides is 1. The highest BCUT2D eigenvalue weighted by atomic mass is 16.6. The van der Waals surface area contributed by atoms with Gasteiger partial charge in [-0.05, 0) is 40.0 Å². The minimum absolute atomic E-state index is 0.118. The number of rotatable bonds is 0. The summed E-state index contributed by atoms with van der Waals surface area (Å²) in [4.78, 5) is 14.2. The molecule has 0 bridgehead atoms. The van der Waals surface area contributed by atoms with E-state index in [1.807, 2.05) is 25.7 Å². The van der Waals surface area contributed by atoms with Gasteiger partial charge in [-0.25, -0.2) is 4.79 Å². The van der Waals surface area contributed by atoms with Crippen LogP contribution in [0.5, 0.6) is 0 Å². The predicted octanol–water partition coefficient (Wildman–Crippen LogP) is 3.12. The Morgan fingerprint density at radius 2 is 2.20 bits per heavy atom. The minimum atomic E-state index is -0.439. The molecule has 0 aromatic heterocycles. The smallest absolute Gasteiger partial charge is 0.410 e. The molecule has 1 amide bonds. The summed E-state index contributed by atoms with van der Waals surface area (Å²) < 4.78 is 11.4. The summed E-state index contributed by atoms with van der Waals surface area (Å²) in [5.74, 6) is 0. The second-order valence-corrected chi connectivity index (χ2v) is 7.39. The fourth-order valence-electron chi connectivity index (χ4n) is 3.58. The molecule has 1 saturated heterocycles. The first-order valence-electron chi connectivity index (χ1n) is 7.68. The number of hydrogen-bond donors (Lipinski definition) is 0. The van der Waals surface area contributed by atoms with Crippen molar-refractivity contribution in [1.82, 2.24) is 4.90 Å². The van der Waals surface area contributed by atoms with Gasteiger partial charge >= 0.3 is 6.09 Å². The van der Waals surface area contributed by atoms with Gasteiger partial charge in [-0.2, -0.15) is 0 Å². The summed E-state index contributed by atoms with van der Waals surface area (Å²) in [6, 6.07) is 0. The van der Waals surface area contributed by atoms with Crippen molar-refractivity contribution >= 4 is 6.09 Å². The van der Waals surface area contributed by atoms with Crippen LogP contribution < -0.4 is 0 Å². The molecule has 20 heavy (non-hydrogen) atoms. The van der Waals surface area contributed by atoms with Crippen LogP contribution in [-0.2, 0) is 9.47 Å². The van der Waals surface area contributed by atoms with Crippen molar-refractivity contribution in [2.75, 3.05) is 13.1 Å². The maximum Gasteiger partial charge on any atom is 0.410 e. The van der Waals surface area contributed by atoms with E-state index in [2.05, 4.69) is 12.2 Å². The summed E-state index contributed by atoms with van der Waals surface area (Å²) in [6.45, 7) is 7.14. The normalized spacial score (nSPS) is 36.5. The molecule has 1 unspecified atom stereocenters. The van der Waals surface area contributed by atoms with Gasteiger partial charge in [0.2, 0.25) is 0 Å². The lowest BCUT2D eigenvalue weighted by molar-refractivity contribution is 0.0148. The van der Waals surface area contributed by atoms with Gasteiger partial charge in [0.25, 0.3) is 0 Å². The zero-order valence-corrected chi connectivity index (χ0v) is 12.7. The largest absolute Gasteiger partial charge is 0.444 e. The summed E-state index contributed by atoms with van der Waals surface area (Å²) in [7, 11) is 0. The fourth-order valence-corrected chi connectivity index (χ4v) is 3.58. The molecule has 3 atom stereocenters. The van der Waals surface area contributed by atoms with Crippen molar-refractivity contribution < 1.29 is 14.3 Å². The van der Waals surface area contributed by atoms with Gasteiger partial charge in [-0.15, -0.1) is 0 Å². The number of ether oxygens (including phenoxy) is 2. The molecule has 0 radical (unpaired) electrons. The topological polar surface area (TPSA) is 42.1 Å². The molecule has 0 aromatic carbocycles. The number of hydrogen-bond acceptors (Lipinski definition) is 3. The van der Waals surface area contributed by atoms with Crippen LogP contribution in [0.3, 0.4) is 0 Å². The van der Waals surface area contributed by atoms with E-state index in [0.29, 0.717) is 18.8 Å². The molecule has 0 N–H and O–H groups in total. The Morgan fingerprint density at radius 3 is 2.95 bits per heavy atom. The van der Waals surface area contributed by atoms with E-state index in [0.717, 1.165) is 19.4 Å². The highest BCUT2D eigenvalue weighted by molar-refractivity contribution is 5.68. The third-order valence-electron chi connectivity index (χ3n) is 4.52. The number of allylic oxidation sites excluding steroid dienone is 1. The predicted molar refractivity (Wildman–Crippen MR) is 76.5 cm³/mol. The highest BCUT2D eigenvalue weighted by Crippen LogP contribution is 2.52. The lowest BCUT2D eigenvalue weighted by atomic mass is 9.71. The zero-order chi connectivity index (χ0) is 14.4. The van der Waals surface area contributed by atoms with Crippen LogP contribution >= 0.6 is 0 Å². The standard InChI is InChI=1S/C16H25NO3/c1-15(2,3)20-14(18)17-10-5-4-8-16(11-17)9-6-7-12-13(16)19-12/h4-5,12-13H,6-11H2,1-3H3/t12?,13-,16-/m0/s1. The maximum atomic E-state index is 12.3. The Labute approximate surface area is 121 Å². The van der Waals surface area contributed by atoms with Gasteiger partial charge in [0.15, 0.2) is 0 Å². The molecular formula is C16H25NO3. The monoisotopic (exact) mass is 279 g/mol. The first-order chi connectivity index (χ1) is 9.40. The van der Waals surface area contributed by atoms with Crippen molar-refractivity contribution in [2.24, 2.45) is 5.41 Å². The molecule has 0 aromatic rings. The number of fused-ring (bicyclic) bond motifs is 2. The Balaban J connectivity index is 1.73. The number of epoxide rings is 1. The van der Waals surface area contributed by atoms with Crippen LogP contribution in [0.2, 0.25) is 0 Å². The highest BCUT2D eigenvalue weighted by Gasteiger charge is 2.57. The first kappa shape index (κ1) is 13.9. The quantitative estimate of drug-likeness (QED) is 0.505. The Kier molecular flexibility index (Phi) is 3.32. The lowest BCUT2D eigenvalue weighted by Gasteiger charge is -2.37. The second-order valence-electron chi connectivity index (χ2n) is 7.39. The Bertz CT molecular complexity index is 426. The third-order valence-corrected chi connectivity index (χ3v) is 4.52. The second kappa shape index (κ2) is 4.76. The van der Waals surface area contributed by atoms with Gasteiger partial charge < -0.3 is 14.4 Å². The first-order valence-corrected chi connectivity index (χ1v) is 7.68. The van der Waals surface area contributed by atoms with Crippen molar-refractivity contribution in [2.45, 2.75) is 64.3 Å². The molecule has 1 aliphatic carbocycles. The molecular weight excluding hydrogens is 254 g/mol. The molecule has 2 fully saturated rings. The van der Waals surface area contributed by atoms with E-state index in [1.165, 1.54) is 12.8 Å². The molecule has 2 aliphatic heterocycles. The van der Waals surface area contributed by atoms with Crippen molar-refractivity contribution in [1.29, 1.82) is 0 Å². The Morgan fingerprint density at radius 1 is 1.40 bits per heavy atom. The SMILES string of the molecule is CC(C)(C)OC(=O)N1CC=CC[C@]2(CCCC3O[C@@H]32)C1. The molecule has 3 aliphatic rings. The van der Waals surface area contributed by atoms with Crippen molar-refractivity contribution in [3.8, 4) is 0 Å². The van der Waals surface area contributed by atoms with Crippen LogP contribution in [-0.4, -0.2) is 41.9 Å². The van der Waals surface area contributed by atoms with Crippen LogP contribution in [0.4, 0.5) is 4.79 Å². The van der Waals surface area contributed by atoms with Gasteiger partial charge in [-0.3, -0.25) is 0 Å². The van der Waals surface area contributed by atoms with Gasteiger partial charge in [0.1, 0.15) is 5.60 Å². The number of carbonyl (C=O) groups excluding carboxylic acids is 1. The fraction of sp³-hybridized carbons (Fsp3) is 0.812. The third kappa shape index (κ3) is 2.71. The number of carbonyl (C=O) groups is 1. The minimum Gasteiger partial charge on any atom is -0.444 e. The molecule has 4 heteroatoms. The zero-order valence-electron chi connectivity index (χ0n) is 12.7. The van der Waals surface area contributed by atoms with Crippen molar-refractivity contribution in [3.63, 3.8) is 0 Å². The van der Waals surface area contributed by atoms with E-state index >= 15 is 0 Å². The van der Waals surface area contributed by atoms with Gasteiger partial charge in [-0.1, -0.05) is 18.6 Å². The average Bonchev–Trinajstić information content (AvgIpc) is 3.11. The lowest BCUT2D eigenvalue weighted by Crippen LogP contribution is -2.46. The molecule has 112 valence electrons. The Hall–Kier alpha value is -1.03. The summed E-state index contributed by atoms with van der Waals surface area (Å²) in [5.41, 5.74) is -0.321. The molecule has 3 rings (SSSR count). The average molecular weight is 279 g/mol. The maximum absolute atomic E-state index is 12.3. The van der Waals surface area contributed by atoms with Gasteiger partial charge in [0.05, 0.1) is 12.2 Å². The summed E-state index contributed by atoms with van der Waals surface area (Å²) in [6.07, 6.45) is 9.45. The van der Waals surface area contributed by atoms with Crippen LogP contribution in [0, 0.1) is 5.41 Å². The van der Waals surface area contributed by atoms with E-state index in [4.69, 9.17) is 9.47 Å². The van der Waals surface area contributed by atoms with E-state index in [9.17, 15) is 4.79 Å². The molecule has 1 spiro atoms. The van der Waals surface area contributed by atoms with Crippen LogP contribution in [0.1, 0.15) is 46.5 Å². The van der Waals surface area contributed by atoms with Crippen LogP contribution in [0.25, 0.3) is 0 Å². The van der Waals surface area contributed by atoms with Crippen molar-refractivity contribution in [3.05, 3.63) is 12.2 Å². The van der Waals surface area contributed by atoms with E-state index in [-0.39, 0.29) is 11.5 Å². The molecule has 2 heterocycles. The number of nitrogens with zero attached hydrogens (tertiary/aromatic N) is 1.